The highest BCUT2D eigenvalue weighted by Crippen LogP contribution is 2.41. The number of nitrogens with one attached hydrogen (secondary N) is 1. The second kappa shape index (κ2) is 5.84. The van der Waals surface area contributed by atoms with Gasteiger partial charge in [0.2, 0.25) is 0 Å². The summed E-state index contributed by atoms with van der Waals surface area (Å²) in [5, 5.41) is 3.96. The lowest BCUT2D eigenvalue weighted by molar-refractivity contribution is 0.0415. The van der Waals surface area contributed by atoms with E-state index in [-0.39, 0.29) is 0 Å². The summed E-state index contributed by atoms with van der Waals surface area (Å²) in [6, 6.07) is 5.01. The molecular formula is C17H25ClN2S. The van der Waals surface area contributed by atoms with E-state index in [1.165, 1.54) is 62.9 Å². The molecule has 1 atom stereocenters. The van der Waals surface area contributed by atoms with Crippen LogP contribution in [0.2, 0.25) is 4.34 Å². The minimum atomic E-state index is 0.407. The Morgan fingerprint density at radius 3 is 2.71 bits per heavy atom. The molecular weight excluding hydrogens is 300 g/mol. The normalized spacial score (nSPS) is 29.9. The zero-order chi connectivity index (χ0) is 14.3. The van der Waals surface area contributed by atoms with Crippen LogP contribution in [0.15, 0.2) is 12.1 Å². The van der Waals surface area contributed by atoms with Crippen molar-refractivity contribution in [2.75, 3.05) is 13.1 Å². The summed E-state index contributed by atoms with van der Waals surface area (Å²) >= 11 is 7.87. The third-order valence-electron chi connectivity index (χ3n) is 5.63. The van der Waals surface area contributed by atoms with Gasteiger partial charge < -0.3 is 5.32 Å². The molecule has 1 aliphatic heterocycles. The van der Waals surface area contributed by atoms with Gasteiger partial charge in [-0.05, 0) is 43.7 Å². The van der Waals surface area contributed by atoms with Crippen LogP contribution < -0.4 is 5.32 Å². The van der Waals surface area contributed by atoms with Crippen molar-refractivity contribution in [3.05, 3.63) is 21.3 Å². The summed E-state index contributed by atoms with van der Waals surface area (Å²) in [6.07, 6.45) is 9.83. The van der Waals surface area contributed by atoms with Gasteiger partial charge >= 0.3 is 0 Å². The second-order valence-corrected chi connectivity index (χ2v) is 9.04. The third-order valence-corrected chi connectivity index (χ3v) is 6.84. The van der Waals surface area contributed by atoms with Gasteiger partial charge in [0, 0.05) is 36.1 Å². The van der Waals surface area contributed by atoms with Gasteiger partial charge in [-0.15, -0.1) is 11.3 Å². The predicted octanol–water partition coefficient (Wildman–Crippen LogP) is 4.29. The van der Waals surface area contributed by atoms with Gasteiger partial charge in [-0.2, -0.15) is 0 Å². The second-order valence-electron chi connectivity index (χ2n) is 7.24. The molecule has 3 fully saturated rings. The molecule has 1 spiro atoms. The number of thiophene rings is 1. The van der Waals surface area contributed by atoms with Crippen molar-refractivity contribution in [1.29, 1.82) is 0 Å². The molecule has 1 saturated heterocycles. The Hall–Kier alpha value is -0.0900. The predicted molar refractivity (Wildman–Crippen MR) is 90.1 cm³/mol. The number of halogens is 1. The summed E-state index contributed by atoms with van der Waals surface area (Å²) in [5.41, 5.74) is 0.407. The molecule has 116 valence electrons. The minimum Gasteiger partial charge on any atom is -0.308 e. The van der Waals surface area contributed by atoms with E-state index in [4.69, 9.17) is 11.6 Å². The summed E-state index contributed by atoms with van der Waals surface area (Å²) < 4.78 is 0.926. The zero-order valence-corrected chi connectivity index (χ0v) is 14.2. The van der Waals surface area contributed by atoms with Crippen LogP contribution >= 0.6 is 22.9 Å². The van der Waals surface area contributed by atoms with Gasteiger partial charge in [0.25, 0.3) is 0 Å². The Kier molecular flexibility index (Phi) is 4.03. The Morgan fingerprint density at radius 2 is 2.05 bits per heavy atom. The van der Waals surface area contributed by atoms with Gasteiger partial charge in [0.05, 0.1) is 4.34 Å². The maximum absolute atomic E-state index is 6.12. The van der Waals surface area contributed by atoms with Crippen LogP contribution in [0.3, 0.4) is 0 Å². The van der Waals surface area contributed by atoms with E-state index >= 15 is 0 Å². The molecule has 0 amide bonds. The smallest absolute Gasteiger partial charge is 0.0931 e. The lowest BCUT2D eigenvalue weighted by Crippen LogP contribution is -2.64. The number of hydrogen-bond acceptors (Lipinski definition) is 3. The average Bonchev–Trinajstić information content (AvgIpc) is 3.23. The molecule has 1 aromatic heterocycles. The molecule has 4 rings (SSSR count). The average molecular weight is 325 g/mol. The molecule has 1 unspecified atom stereocenters. The zero-order valence-electron chi connectivity index (χ0n) is 12.6. The summed E-state index contributed by atoms with van der Waals surface area (Å²) in [7, 11) is 0. The molecule has 0 aromatic carbocycles. The fourth-order valence-corrected chi connectivity index (χ4v) is 5.44. The van der Waals surface area contributed by atoms with Gasteiger partial charge in [0.1, 0.15) is 0 Å². The quantitative estimate of drug-likeness (QED) is 0.892. The topological polar surface area (TPSA) is 15.3 Å². The van der Waals surface area contributed by atoms with E-state index in [9.17, 15) is 0 Å². The summed E-state index contributed by atoms with van der Waals surface area (Å²) in [6.45, 7) is 3.54. The van der Waals surface area contributed by atoms with Crippen molar-refractivity contribution < 1.29 is 0 Å². The highest BCUT2D eigenvalue weighted by Gasteiger charge is 2.44. The van der Waals surface area contributed by atoms with Gasteiger partial charge in [-0.3, -0.25) is 4.90 Å². The van der Waals surface area contributed by atoms with Crippen LogP contribution in [-0.4, -0.2) is 29.6 Å². The maximum atomic E-state index is 6.12. The number of rotatable bonds is 3. The maximum Gasteiger partial charge on any atom is 0.0931 e. The molecule has 0 radical (unpaired) electrons. The third kappa shape index (κ3) is 3.17. The highest BCUT2D eigenvalue weighted by atomic mass is 35.5. The molecule has 2 saturated carbocycles. The van der Waals surface area contributed by atoms with Crippen LogP contribution in [0.4, 0.5) is 0 Å². The first kappa shape index (κ1) is 14.5. The molecule has 2 nitrogen and oxygen atoms in total. The molecule has 1 aromatic rings. The van der Waals surface area contributed by atoms with E-state index in [1.807, 2.05) is 6.07 Å². The number of nitrogens with zero attached hydrogens (tertiary/aromatic N) is 1. The molecule has 0 bridgehead atoms. The monoisotopic (exact) mass is 324 g/mol. The van der Waals surface area contributed by atoms with Crippen LogP contribution in [0.5, 0.6) is 0 Å². The SMILES string of the molecule is Clc1ccc(CN2CC3(CCCCC3)NCC2C2CC2)s1. The van der Waals surface area contributed by atoms with Crippen LogP contribution in [0.1, 0.15) is 49.8 Å². The van der Waals surface area contributed by atoms with Crippen molar-refractivity contribution in [2.45, 2.75) is 63.1 Å². The summed E-state index contributed by atoms with van der Waals surface area (Å²) in [4.78, 5) is 4.21. The minimum absolute atomic E-state index is 0.407. The largest absolute Gasteiger partial charge is 0.308 e. The molecule has 1 N–H and O–H groups in total. The van der Waals surface area contributed by atoms with Crippen LogP contribution in [0.25, 0.3) is 0 Å². The summed E-state index contributed by atoms with van der Waals surface area (Å²) in [5.74, 6) is 0.939. The lowest BCUT2D eigenvalue weighted by Gasteiger charge is -2.50. The van der Waals surface area contributed by atoms with Crippen molar-refractivity contribution in [3.8, 4) is 0 Å². The number of hydrogen-bond donors (Lipinski definition) is 1. The highest BCUT2D eigenvalue weighted by molar-refractivity contribution is 7.16. The van der Waals surface area contributed by atoms with E-state index in [2.05, 4.69) is 16.3 Å². The first-order valence-electron chi connectivity index (χ1n) is 8.47. The Morgan fingerprint density at radius 1 is 1.24 bits per heavy atom. The fourth-order valence-electron chi connectivity index (χ4n) is 4.33. The van der Waals surface area contributed by atoms with E-state index in [1.54, 1.807) is 11.3 Å². The van der Waals surface area contributed by atoms with Gasteiger partial charge in [-0.25, -0.2) is 0 Å². The lowest BCUT2D eigenvalue weighted by atomic mass is 9.79. The first-order valence-corrected chi connectivity index (χ1v) is 9.67. The van der Waals surface area contributed by atoms with Crippen molar-refractivity contribution in [3.63, 3.8) is 0 Å². The van der Waals surface area contributed by atoms with Gasteiger partial charge in [0.15, 0.2) is 0 Å². The first-order chi connectivity index (χ1) is 10.2. The molecule has 2 heterocycles. The molecule has 3 aliphatic rings. The van der Waals surface area contributed by atoms with Crippen molar-refractivity contribution in [1.82, 2.24) is 10.2 Å². The van der Waals surface area contributed by atoms with E-state index in [0.29, 0.717) is 5.54 Å². The Bertz CT molecular complexity index is 491. The molecule has 4 heteroatoms. The van der Waals surface area contributed by atoms with Crippen LogP contribution in [0, 0.1) is 5.92 Å². The Labute approximate surface area is 136 Å². The van der Waals surface area contributed by atoms with Crippen LogP contribution in [-0.2, 0) is 6.54 Å². The fraction of sp³-hybridized carbons (Fsp3) is 0.765. The van der Waals surface area contributed by atoms with E-state index in [0.717, 1.165) is 22.8 Å². The van der Waals surface area contributed by atoms with E-state index < -0.39 is 0 Å². The molecule has 2 aliphatic carbocycles. The van der Waals surface area contributed by atoms with Crippen molar-refractivity contribution in [2.24, 2.45) is 5.92 Å². The standard InChI is InChI=1S/C17H25ClN2S/c18-16-7-6-14(21-16)11-20-12-17(8-2-1-3-9-17)19-10-15(20)13-4-5-13/h6-7,13,15,19H,1-5,8-12H2. The Balaban J connectivity index is 1.50. The number of piperazine rings is 1. The van der Waals surface area contributed by atoms with Gasteiger partial charge in [-0.1, -0.05) is 30.9 Å². The molecule has 21 heavy (non-hydrogen) atoms. The van der Waals surface area contributed by atoms with Crippen molar-refractivity contribution >= 4 is 22.9 Å².